The molecule has 20 heavy (non-hydrogen) atoms. The number of rotatable bonds is 3. The summed E-state index contributed by atoms with van der Waals surface area (Å²) in [4.78, 5) is 0. The van der Waals surface area contributed by atoms with Crippen LogP contribution in [0.2, 0.25) is 0 Å². The molecule has 3 nitrogen and oxygen atoms in total. The molecule has 3 rings (SSSR count). The van der Waals surface area contributed by atoms with E-state index in [0.29, 0.717) is 6.04 Å². The first kappa shape index (κ1) is 13.9. The Morgan fingerprint density at radius 3 is 3.15 bits per heavy atom. The molecule has 0 radical (unpaired) electrons. The summed E-state index contributed by atoms with van der Waals surface area (Å²) >= 11 is 0. The van der Waals surface area contributed by atoms with E-state index in [-0.39, 0.29) is 5.60 Å². The number of hydrogen-bond donors (Lipinski definition) is 2. The third-order valence-corrected chi connectivity index (χ3v) is 4.44. The molecule has 1 unspecified atom stereocenters. The van der Waals surface area contributed by atoms with Gasteiger partial charge < -0.3 is 15.4 Å². The topological polar surface area (TPSA) is 33.3 Å². The van der Waals surface area contributed by atoms with Crippen LogP contribution in [0.3, 0.4) is 0 Å². The maximum atomic E-state index is 5.79. The van der Waals surface area contributed by atoms with Crippen LogP contribution < -0.4 is 10.6 Å². The molecule has 2 aliphatic heterocycles. The molecule has 2 N–H and O–H groups in total. The van der Waals surface area contributed by atoms with Crippen LogP contribution in [0.25, 0.3) is 0 Å². The molecule has 0 aromatic heterocycles. The van der Waals surface area contributed by atoms with Crippen molar-refractivity contribution in [3.63, 3.8) is 0 Å². The van der Waals surface area contributed by atoms with Crippen LogP contribution in [0.15, 0.2) is 18.2 Å². The number of benzene rings is 1. The predicted octanol–water partition coefficient (Wildman–Crippen LogP) is 3.09. The summed E-state index contributed by atoms with van der Waals surface area (Å²) in [5, 5.41) is 7.29. The molecule has 1 saturated heterocycles. The lowest BCUT2D eigenvalue weighted by Crippen LogP contribution is -2.43. The number of nitrogens with one attached hydrogen (secondary N) is 2. The molecular weight excluding hydrogens is 248 g/mol. The van der Waals surface area contributed by atoms with Crippen LogP contribution >= 0.6 is 0 Å². The van der Waals surface area contributed by atoms with Gasteiger partial charge in [0.25, 0.3) is 0 Å². The number of hydrogen-bond acceptors (Lipinski definition) is 3. The molecule has 1 fully saturated rings. The lowest BCUT2D eigenvalue weighted by Gasteiger charge is -2.36. The zero-order chi connectivity index (χ0) is 14.0. The van der Waals surface area contributed by atoms with Crippen molar-refractivity contribution in [3.8, 4) is 0 Å². The minimum absolute atomic E-state index is 0.0181. The maximum Gasteiger partial charge on any atom is 0.0641 e. The highest BCUT2D eigenvalue weighted by atomic mass is 16.5. The molecule has 1 atom stereocenters. The molecule has 1 aromatic carbocycles. The van der Waals surface area contributed by atoms with Crippen molar-refractivity contribution in [2.45, 2.75) is 57.7 Å². The van der Waals surface area contributed by atoms with Crippen LogP contribution in [0.1, 0.15) is 44.2 Å². The van der Waals surface area contributed by atoms with Gasteiger partial charge >= 0.3 is 0 Å². The van der Waals surface area contributed by atoms with Gasteiger partial charge in [0, 0.05) is 31.4 Å². The fraction of sp³-hybridized carbons (Fsp3) is 0.647. The monoisotopic (exact) mass is 274 g/mol. The van der Waals surface area contributed by atoms with Crippen molar-refractivity contribution in [2.75, 3.05) is 18.5 Å². The highest BCUT2D eigenvalue weighted by Gasteiger charge is 2.28. The van der Waals surface area contributed by atoms with Gasteiger partial charge in [-0.2, -0.15) is 0 Å². The van der Waals surface area contributed by atoms with Gasteiger partial charge in [0.15, 0.2) is 0 Å². The van der Waals surface area contributed by atoms with E-state index >= 15 is 0 Å². The Morgan fingerprint density at radius 2 is 2.30 bits per heavy atom. The van der Waals surface area contributed by atoms with Gasteiger partial charge in [-0.05, 0) is 50.7 Å². The van der Waals surface area contributed by atoms with Crippen LogP contribution in [0.5, 0.6) is 0 Å². The minimum atomic E-state index is 0.0181. The second-order valence-electron chi connectivity index (χ2n) is 6.66. The zero-order valence-corrected chi connectivity index (χ0v) is 12.7. The SMILES string of the molecule is CC1(C)CC(NCc2cccc3c2NCCC3)CCO1. The van der Waals surface area contributed by atoms with Crippen molar-refractivity contribution in [1.82, 2.24) is 5.32 Å². The number of anilines is 1. The first-order valence-electron chi connectivity index (χ1n) is 7.86. The van der Waals surface area contributed by atoms with Crippen LogP contribution in [0, 0.1) is 0 Å². The van der Waals surface area contributed by atoms with Gasteiger partial charge in [-0.1, -0.05) is 18.2 Å². The Balaban J connectivity index is 1.64. The smallest absolute Gasteiger partial charge is 0.0641 e. The zero-order valence-electron chi connectivity index (χ0n) is 12.7. The second-order valence-corrected chi connectivity index (χ2v) is 6.66. The lowest BCUT2D eigenvalue weighted by molar-refractivity contribution is -0.0630. The lowest BCUT2D eigenvalue weighted by atomic mass is 9.93. The Morgan fingerprint density at radius 1 is 1.40 bits per heavy atom. The molecule has 0 saturated carbocycles. The fourth-order valence-electron chi connectivity index (χ4n) is 3.39. The Bertz CT molecular complexity index is 470. The average Bonchev–Trinajstić information content (AvgIpc) is 2.44. The molecular formula is C17H26N2O. The molecule has 0 amide bonds. The van der Waals surface area contributed by atoms with Crippen LogP contribution in [-0.2, 0) is 17.7 Å². The van der Waals surface area contributed by atoms with Crippen LogP contribution in [-0.4, -0.2) is 24.8 Å². The first-order chi connectivity index (χ1) is 9.64. The molecule has 0 spiro atoms. The molecule has 2 heterocycles. The highest BCUT2D eigenvalue weighted by molar-refractivity contribution is 5.59. The molecule has 110 valence electrons. The summed E-state index contributed by atoms with van der Waals surface area (Å²) in [7, 11) is 0. The van der Waals surface area contributed by atoms with E-state index in [1.165, 1.54) is 29.7 Å². The first-order valence-corrected chi connectivity index (χ1v) is 7.86. The Kier molecular flexibility index (Phi) is 3.99. The standard InChI is InChI=1S/C17H26N2O/c1-17(2)11-15(8-10-20-17)19-12-14-6-3-5-13-7-4-9-18-16(13)14/h3,5-6,15,18-19H,4,7-12H2,1-2H3. The maximum absolute atomic E-state index is 5.79. The van der Waals surface area contributed by atoms with Crippen LogP contribution in [0.4, 0.5) is 5.69 Å². The number of para-hydroxylation sites is 1. The largest absolute Gasteiger partial charge is 0.385 e. The normalized spacial score (nSPS) is 24.8. The van der Waals surface area contributed by atoms with E-state index in [4.69, 9.17) is 4.74 Å². The fourth-order valence-corrected chi connectivity index (χ4v) is 3.39. The summed E-state index contributed by atoms with van der Waals surface area (Å²) in [5.74, 6) is 0. The van der Waals surface area contributed by atoms with E-state index < -0.39 is 0 Å². The third kappa shape index (κ3) is 3.15. The van der Waals surface area contributed by atoms with E-state index in [1.54, 1.807) is 0 Å². The second kappa shape index (κ2) is 5.74. The quantitative estimate of drug-likeness (QED) is 0.888. The van der Waals surface area contributed by atoms with E-state index in [0.717, 1.165) is 32.5 Å². The summed E-state index contributed by atoms with van der Waals surface area (Å²) in [6.45, 7) is 7.31. The van der Waals surface area contributed by atoms with Crippen molar-refractivity contribution in [1.29, 1.82) is 0 Å². The third-order valence-electron chi connectivity index (χ3n) is 4.44. The van der Waals surface area contributed by atoms with E-state index in [2.05, 4.69) is 42.7 Å². The van der Waals surface area contributed by atoms with Gasteiger partial charge in [-0.15, -0.1) is 0 Å². The van der Waals surface area contributed by atoms with Crippen molar-refractivity contribution < 1.29 is 4.74 Å². The summed E-state index contributed by atoms with van der Waals surface area (Å²) < 4.78 is 5.79. The molecule has 1 aromatic rings. The number of ether oxygens (including phenoxy) is 1. The Labute approximate surface area is 122 Å². The van der Waals surface area contributed by atoms with E-state index in [1.807, 2.05) is 0 Å². The molecule has 0 bridgehead atoms. The van der Waals surface area contributed by atoms with Gasteiger partial charge in [0.1, 0.15) is 0 Å². The van der Waals surface area contributed by atoms with Gasteiger partial charge in [-0.25, -0.2) is 0 Å². The molecule has 3 heteroatoms. The number of fused-ring (bicyclic) bond motifs is 1. The predicted molar refractivity (Wildman–Crippen MR) is 83.1 cm³/mol. The van der Waals surface area contributed by atoms with Crippen molar-refractivity contribution in [3.05, 3.63) is 29.3 Å². The van der Waals surface area contributed by atoms with E-state index in [9.17, 15) is 0 Å². The minimum Gasteiger partial charge on any atom is -0.385 e. The summed E-state index contributed by atoms with van der Waals surface area (Å²) in [6, 6.07) is 7.26. The molecule has 0 aliphatic carbocycles. The van der Waals surface area contributed by atoms with Gasteiger partial charge in [0.2, 0.25) is 0 Å². The highest BCUT2D eigenvalue weighted by Crippen LogP contribution is 2.27. The van der Waals surface area contributed by atoms with Gasteiger partial charge in [0.05, 0.1) is 5.60 Å². The summed E-state index contributed by atoms with van der Waals surface area (Å²) in [6.07, 6.45) is 4.67. The Hall–Kier alpha value is -1.06. The summed E-state index contributed by atoms with van der Waals surface area (Å²) in [5.41, 5.74) is 4.27. The van der Waals surface area contributed by atoms with Crippen molar-refractivity contribution in [2.24, 2.45) is 0 Å². The molecule has 2 aliphatic rings. The number of aryl methyl sites for hydroxylation is 1. The van der Waals surface area contributed by atoms with Gasteiger partial charge in [-0.3, -0.25) is 0 Å². The van der Waals surface area contributed by atoms with Crippen molar-refractivity contribution >= 4 is 5.69 Å². The average molecular weight is 274 g/mol.